The lowest BCUT2D eigenvalue weighted by molar-refractivity contribution is -0.116. The zero-order valence-electron chi connectivity index (χ0n) is 20.1. The maximum Gasteiger partial charge on any atom is 0.263 e. The number of ketones is 1. The highest BCUT2D eigenvalue weighted by atomic mass is 35.5. The summed E-state index contributed by atoms with van der Waals surface area (Å²) >= 11 is 13.4. The number of fused-ring (bicyclic) bond motifs is 1. The van der Waals surface area contributed by atoms with Crippen LogP contribution in [0.1, 0.15) is 11.1 Å². The van der Waals surface area contributed by atoms with Crippen LogP contribution in [0, 0.1) is 6.92 Å². The fraction of sp³-hybridized carbons (Fsp3) is 0.103. The number of aromatic nitrogens is 1. The first-order valence-electron chi connectivity index (χ1n) is 11.6. The Balaban J connectivity index is 1.49. The van der Waals surface area contributed by atoms with Gasteiger partial charge in [0.15, 0.2) is 15.6 Å². The minimum Gasteiger partial charge on any atom is -0.298 e. The number of rotatable bonds is 7. The second kappa shape index (κ2) is 10.5. The van der Waals surface area contributed by atoms with Gasteiger partial charge >= 0.3 is 0 Å². The first-order valence-corrected chi connectivity index (χ1v) is 14.8. The average Bonchev–Trinajstić information content (AvgIpc) is 3.32. The Hall–Kier alpha value is -3.23. The highest BCUT2D eigenvalue weighted by Gasteiger charge is 2.22. The fourth-order valence-corrected chi connectivity index (χ4v) is 7.47. The third kappa shape index (κ3) is 5.33. The lowest BCUT2D eigenvalue weighted by Crippen LogP contribution is -2.19. The molecule has 0 bridgehead atoms. The minimum absolute atomic E-state index is 0.0596. The van der Waals surface area contributed by atoms with Crippen LogP contribution in [0.15, 0.2) is 94.1 Å². The van der Waals surface area contributed by atoms with Gasteiger partial charge in [-0.15, -0.1) is 11.3 Å². The van der Waals surface area contributed by atoms with E-state index in [1.165, 1.54) is 16.7 Å². The standard InChI is InChI=1S/C29H21Cl2NO4S2/c1-18-7-9-22-23(13-18)24(20-5-3-2-4-6-20)16-32(29(22)34)26-10-8-19(15-25(26)30)14-21(33)17-38(35,36)28-12-11-27(31)37-28/h2-13,15-16H,14,17H2,1H3. The van der Waals surface area contributed by atoms with Crippen LogP contribution in [0.3, 0.4) is 0 Å². The molecule has 5 aromatic rings. The van der Waals surface area contributed by atoms with Crippen molar-refractivity contribution in [3.8, 4) is 16.8 Å². The summed E-state index contributed by atoms with van der Waals surface area (Å²) in [7, 11) is -3.77. The minimum atomic E-state index is -3.77. The zero-order valence-corrected chi connectivity index (χ0v) is 23.3. The Kier molecular flexibility index (Phi) is 7.29. The van der Waals surface area contributed by atoms with E-state index >= 15 is 0 Å². The van der Waals surface area contributed by atoms with Crippen molar-refractivity contribution in [2.75, 3.05) is 5.75 Å². The van der Waals surface area contributed by atoms with E-state index < -0.39 is 21.4 Å². The summed E-state index contributed by atoms with van der Waals surface area (Å²) < 4.78 is 27.0. The summed E-state index contributed by atoms with van der Waals surface area (Å²) in [5.74, 6) is -1.10. The van der Waals surface area contributed by atoms with Gasteiger partial charge in [-0.3, -0.25) is 14.2 Å². The summed E-state index contributed by atoms with van der Waals surface area (Å²) in [6, 6.07) is 23.3. The number of hydrogen-bond donors (Lipinski definition) is 0. The zero-order chi connectivity index (χ0) is 27.0. The molecule has 3 aromatic carbocycles. The maximum atomic E-state index is 13.5. The van der Waals surface area contributed by atoms with Crippen molar-refractivity contribution in [1.82, 2.24) is 4.57 Å². The van der Waals surface area contributed by atoms with Gasteiger partial charge in [0.1, 0.15) is 9.96 Å². The van der Waals surface area contributed by atoms with Gasteiger partial charge in [0.2, 0.25) is 0 Å². The lowest BCUT2D eigenvalue weighted by Gasteiger charge is -2.15. The van der Waals surface area contributed by atoms with Gasteiger partial charge in [0.25, 0.3) is 5.56 Å². The largest absolute Gasteiger partial charge is 0.298 e. The third-order valence-corrected chi connectivity index (χ3v) is 9.93. The van der Waals surface area contributed by atoms with E-state index in [2.05, 4.69) is 0 Å². The van der Waals surface area contributed by atoms with Gasteiger partial charge in [-0.1, -0.05) is 77.3 Å². The molecule has 0 saturated carbocycles. The van der Waals surface area contributed by atoms with Crippen molar-refractivity contribution in [3.05, 3.63) is 116 Å². The first kappa shape index (κ1) is 26.4. The van der Waals surface area contributed by atoms with E-state index in [1.807, 2.05) is 55.5 Å². The van der Waals surface area contributed by atoms with Crippen molar-refractivity contribution in [2.45, 2.75) is 17.6 Å². The quantitative estimate of drug-likeness (QED) is 0.209. The highest BCUT2D eigenvalue weighted by molar-refractivity contribution is 7.94. The molecule has 2 aromatic heterocycles. The molecule has 0 spiro atoms. The second-order valence-corrected chi connectivity index (χ2v) is 13.3. The smallest absolute Gasteiger partial charge is 0.263 e. The Morgan fingerprint density at radius 2 is 1.68 bits per heavy atom. The molecule has 0 radical (unpaired) electrons. The van der Waals surface area contributed by atoms with E-state index in [0.717, 1.165) is 33.4 Å². The molecule has 0 N–H and O–H groups in total. The van der Waals surface area contributed by atoms with Crippen LogP contribution in [-0.4, -0.2) is 24.5 Å². The van der Waals surface area contributed by atoms with Crippen molar-refractivity contribution < 1.29 is 13.2 Å². The Morgan fingerprint density at radius 3 is 2.37 bits per heavy atom. The summed E-state index contributed by atoms with van der Waals surface area (Å²) in [6.07, 6.45) is 1.67. The summed E-state index contributed by atoms with van der Waals surface area (Å²) in [5.41, 5.74) is 3.69. The van der Waals surface area contributed by atoms with E-state index in [4.69, 9.17) is 23.2 Å². The average molecular weight is 583 g/mol. The predicted molar refractivity (Wildman–Crippen MR) is 155 cm³/mol. The number of nitrogens with zero attached hydrogens (tertiary/aromatic N) is 1. The van der Waals surface area contributed by atoms with Gasteiger partial charge in [-0.2, -0.15) is 0 Å². The molecule has 192 valence electrons. The van der Waals surface area contributed by atoms with E-state index in [0.29, 0.717) is 21.0 Å². The molecular formula is C29H21Cl2NO4S2. The summed E-state index contributed by atoms with van der Waals surface area (Å²) in [5, 5.41) is 1.69. The molecule has 0 fully saturated rings. The number of carbonyl (C=O) groups excluding carboxylic acids is 1. The van der Waals surface area contributed by atoms with Crippen LogP contribution >= 0.6 is 34.5 Å². The molecule has 0 aliphatic heterocycles. The molecule has 0 aliphatic carbocycles. The Bertz CT molecular complexity index is 1860. The lowest BCUT2D eigenvalue weighted by atomic mass is 9.99. The molecule has 38 heavy (non-hydrogen) atoms. The third-order valence-electron chi connectivity index (χ3n) is 6.14. The van der Waals surface area contributed by atoms with Gasteiger partial charge in [0.05, 0.1) is 15.0 Å². The molecule has 0 amide bonds. The SMILES string of the molecule is Cc1ccc2c(=O)n(-c3ccc(CC(=O)CS(=O)(=O)c4ccc(Cl)s4)cc3Cl)cc(-c3ccccc3)c2c1. The molecule has 0 saturated heterocycles. The number of carbonyl (C=O) groups is 1. The van der Waals surface area contributed by atoms with E-state index in [1.54, 1.807) is 24.4 Å². The number of benzene rings is 3. The van der Waals surface area contributed by atoms with Crippen molar-refractivity contribution in [1.29, 1.82) is 0 Å². The number of thiophene rings is 1. The monoisotopic (exact) mass is 581 g/mol. The number of aryl methyl sites for hydroxylation is 1. The normalized spacial score (nSPS) is 11.7. The van der Waals surface area contributed by atoms with Crippen molar-refractivity contribution >= 4 is 60.9 Å². The summed E-state index contributed by atoms with van der Waals surface area (Å²) in [6.45, 7) is 1.98. The molecule has 0 unspecified atom stereocenters. The second-order valence-electron chi connectivity index (χ2n) is 8.95. The maximum absolute atomic E-state index is 13.5. The molecule has 0 atom stereocenters. The summed E-state index contributed by atoms with van der Waals surface area (Å²) in [4.78, 5) is 26.1. The van der Waals surface area contributed by atoms with Gasteiger partial charge in [-0.25, -0.2) is 8.42 Å². The van der Waals surface area contributed by atoms with Gasteiger partial charge in [-0.05, 0) is 53.8 Å². The Labute approximate surface area is 233 Å². The van der Waals surface area contributed by atoms with Crippen LogP contribution in [0.25, 0.3) is 27.6 Å². The topological polar surface area (TPSA) is 73.2 Å². The number of Topliss-reactive ketones (excluding diaryl/α,β-unsaturated/α-hetero) is 1. The number of pyridine rings is 1. The molecule has 5 nitrogen and oxygen atoms in total. The molecule has 2 heterocycles. The van der Waals surface area contributed by atoms with Gasteiger partial charge < -0.3 is 0 Å². The molecular weight excluding hydrogens is 561 g/mol. The molecule has 0 aliphatic rings. The van der Waals surface area contributed by atoms with Crippen LogP contribution in [0.5, 0.6) is 0 Å². The van der Waals surface area contributed by atoms with Crippen molar-refractivity contribution in [3.63, 3.8) is 0 Å². The van der Waals surface area contributed by atoms with Crippen LogP contribution in [-0.2, 0) is 21.1 Å². The van der Waals surface area contributed by atoms with Crippen LogP contribution in [0.4, 0.5) is 0 Å². The van der Waals surface area contributed by atoms with Crippen molar-refractivity contribution in [2.24, 2.45) is 0 Å². The number of sulfone groups is 1. The van der Waals surface area contributed by atoms with E-state index in [9.17, 15) is 18.0 Å². The van der Waals surface area contributed by atoms with E-state index in [-0.39, 0.29) is 21.2 Å². The Morgan fingerprint density at radius 1 is 0.921 bits per heavy atom. The van der Waals surface area contributed by atoms with Gasteiger partial charge in [0, 0.05) is 23.6 Å². The molecule has 9 heteroatoms. The fourth-order valence-electron chi connectivity index (χ4n) is 4.36. The van der Waals surface area contributed by atoms with Crippen LogP contribution in [0.2, 0.25) is 9.36 Å². The first-order chi connectivity index (χ1) is 18.1. The molecule has 5 rings (SSSR count). The van der Waals surface area contributed by atoms with Crippen LogP contribution < -0.4 is 5.56 Å². The number of hydrogen-bond acceptors (Lipinski definition) is 5. The highest BCUT2D eigenvalue weighted by Crippen LogP contribution is 2.31. The predicted octanol–water partition coefficient (Wildman–Crippen LogP) is 6.92. The number of halogens is 2.